The van der Waals surface area contributed by atoms with Gasteiger partial charge in [0.15, 0.2) is 0 Å². The fraction of sp³-hybridized carbons (Fsp3) is 0.643. The maximum atomic E-state index is 11.9. The molecule has 1 aromatic heterocycles. The molecule has 0 saturated heterocycles. The van der Waals surface area contributed by atoms with E-state index in [9.17, 15) is 4.79 Å². The highest BCUT2D eigenvalue weighted by molar-refractivity contribution is 7.14. The summed E-state index contributed by atoms with van der Waals surface area (Å²) in [6.07, 6.45) is 4.82. The van der Waals surface area contributed by atoms with Crippen molar-refractivity contribution in [2.45, 2.75) is 58.9 Å². The summed E-state index contributed by atoms with van der Waals surface area (Å²) >= 11 is 1.62. The average molecular weight is 253 g/mol. The Morgan fingerprint density at radius 3 is 2.59 bits per heavy atom. The average Bonchev–Trinajstić information content (AvgIpc) is 2.64. The summed E-state index contributed by atoms with van der Waals surface area (Å²) < 4.78 is 0. The number of unbranched alkanes of at least 4 members (excludes halogenated alkanes) is 2. The van der Waals surface area contributed by atoms with E-state index in [1.54, 1.807) is 11.3 Å². The standard InChI is InChI=1S/C14H23NOS/c1-5-6-7-8-11-9-10-12(17-11)13(16)15-14(2,3)4/h9-10H,5-8H2,1-4H3,(H,15,16). The Bertz CT molecular complexity index is 363. The molecule has 0 aliphatic heterocycles. The van der Waals surface area contributed by atoms with Crippen LogP contribution in [0.3, 0.4) is 0 Å². The van der Waals surface area contributed by atoms with Gasteiger partial charge in [0, 0.05) is 10.4 Å². The topological polar surface area (TPSA) is 29.1 Å². The number of amides is 1. The molecule has 1 aromatic rings. The Balaban J connectivity index is 2.52. The minimum Gasteiger partial charge on any atom is -0.347 e. The van der Waals surface area contributed by atoms with Crippen molar-refractivity contribution in [3.05, 3.63) is 21.9 Å². The predicted octanol–water partition coefficient (Wildman–Crippen LogP) is 4.01. The zero-order valence-corrected chi connectivity index (χ0v) is 12.1. The zero-order chi connectivity index (χ0) is 12.9. The number of thiophene rings is 1. The summed E-state index contributed by atoms with van der Waals surface area (Å²) in [5.41, 5.74) is -0.163. The van der Waals surface area contributed by atoms with Crippen molar-refractivity contribution in [3.63, 3.8) is 0 Å². The Hall–Kier alpha value is -0.830. The summed E-state index contributed by atoms with van der Waals surface area (Å²) in [5.74, 6) is 0.0456. The van der Waals surface area contributed by atoms with Crippen LogP contribution in [0.1, 0.15) is 61.5 Å². The van der Waals surface area contributed by atoms with Crippen LogP contribution in [0.4, 0.5) is 0 Å². The SMILES string of the molecule is CCCCCc1ccc(C(=O)NC(C)(C)C)s1. The number of hydrogen-bond acceptors (Lipinski definition) is 2. The molecule has 96 valence electrons. The van der Waals surface area contributed by atoms with Crippen LogP contribution >= 0.6 is 11.3 Å². The van der Waals surface area contributed by atoms with Crippen molar-refractivity contribution in [2.75, 3.05) is 0 Å². The van der Waals surface area contributed by atoms with Crippen molar-refractivity contribution in [1.82, 2.24) is 5.32 Å². The van der Waals surface area contributed by atoms with Gasteiger partial charge < -0.3 is 5.32 Å². The van der Waals surface area contributed by atoms with Gasteiger partial charge in [-0.1, -0.05) is 19.8 Å². The second-order valence-corrected chi connectivity index (χ2v) is 6.60. The van der Waals surface area contributed by atoms with E-state index in [1.165, 1.54) is 24.1 Å². The first-order valence-corrected chi connectivity index (χ1v) is 7.15. The first kappa shape index (κ1) is 14.2. The molecular weight excluding hydrogens is 230 g/mol. The Kier molecular flexibility index (Phi) is 5.19. The highest BCUT2D eigenvalue weighted by Gasteiger charge is 2.16. The van der Waals surface area contributed by atoms with E-state index in [0.29, 0.717) is 0 Å². The Morgan fingerprint density at radius 1 is 1.29 bits per heavy atom. The quantitative estimate of drug-likeness (QED) is 0.789. The lowest BCUT2D eigenvalue weighted by atomic mass is 10.1. The lowest BCUT2D eigenvalue weighted by Gasteiger charge is -2.19. The highest BCUT2D eigenvalue weighted by atomic mass is 32.1. The Labute approximate surface area is 108 Å². The molecule has 2 nitrogen and oxygen atoms in total. The van der Waals surface area contributed by atoms with Crippen molar-refractivity contribution < 1.29 is 4.79 Å². The van der Waals surface area contributed by atoms with Crippen molar-refractivity contribution in [3.8, 4) is 0 Å². The van der Waals surface area contributed by atoms with Crippen molar-refractivity contribution >= 4 is 17.2 Å². The Morgan fingerprint density at radius 2 is 2.00 bits per heavy atom. The van der Waals surface area contributed by atoms with Crippen molar-refractivity contribution in [1.29, 1.82) is 0 Å². The van der Waals surface area contributed by atoms with E-state index < -0.39 is 0 Å². The highest BCUT2D eigenvalue weighted by Crippen LogP contribution is 2.19. The van der Waals surface area contributed by atoms with Gasteiger partial charge in [-0.25, -0.2) is 0 Å². The molecule has 0 aliphatic rings. The number of aryl methyl sites for hydroxylation is 1. The van der Waals surface area contributed by atoms with Crippen molar-refractivity contribution in [2.24, 2.45) is 0 Å². The fourth-order valence-corrected chi connectivity index (χ4v) is 2.53. The molecule has 1 heterocycles. The van der Waals surface area contributed by atoms with Gasteiger partial charge in [-0.15, -0.1) is 11.3 Å². The molecule has 0 fully saturated rings. The second-order valence-electron chi connectivity index (χ2n) is 5.43. The fourth-order valence-electron chi connectivity index (χ4n) is 1.59. The van der Waals surface area contributed by atoms with Gasteiger partial charge >= 0.3 is 0 Å². The van der Waals surface area contributed by atoms with E-state index in [-0.39, 0.29) is 11.4 Å². The van der Waals surface area contributed by atoms with Crippen LogP contribution < -0.4 is 5.32 Å². The first-order valence-electron chi connectivity index (χ1n) is 6.33. The molecule has 1 amide bonds. The minimum atomic E-state index is -0.163. The summed E-state index contributed by atoms with van der Waals surface area (Å²) in [7, 11) is 0. The molecule has 17 heavy (non-hydrogen) atoms. The van der Waals surface area contributed by atoms with Crippen LogP contribution in [-0.4, -0.2) is 11.4 Å². The normalized spacial score (nSPS) is 11.5. The number of carbonyl (C=O) groups excluding carboxylic acids is 1. The van der Waals surface area contributed by atoms with Gasteiger partial charge in [0.05, 0.1) is 4.88 Å². The van der Waals surface area contributed by atoms with Crippen LogP contribution in [-0.2, 0) is 6.42 Å². The van der Waals surface area contributed by atoms with E-state index in [4.69, 9.17) is 0 Å². The van der Waals surface area contributed by atoms with Crippen LogP contribution in [0.5, 0.6) is 0 Å². The van der Waals surface area contributed by atoms with Gasteiger partial charge in [-0.2, -0.15) is 0 Å². The van der Waals surface area contributed by atoms with Gasteiger partial charge in [0.25, 0.3) is 5.91 Å². The van der Waals surface area contributed by atoms with Gasteiger partial charge in [0.2, 0.25) is 0 Å². The molecule has 1 N–H and O–H groups in total. The molecule has 3 heteroatoms. The molecule has 0 aliphatic carbocycles. The van der Waals surface area contributed by atoms with Crippen LogP contribution in [0, 0.1) is 0 Å². The maximum absolute atomic E-state index is 11.9. The maximum Gasteiger partial charge on any atom is 0.261 e. The third-order valence-electron chi connectivity index (χ3n) is 2.40. The van der Waals surface area contributed by atoms with E-state index in [2.05, 4.69) is 18.3 Å². The third kappa shape index (κ3) is 5.35. The number of hydrogen-bond donors (Lipinski definition) is 1. The first-order chi connectivity index (χ1) is 7.92. The third-order valence-corrected chi connectivity index (χ3v) is 3.54. The molecule has 1 rings (SSSR count). The lowest BCUT2D eigenvalue weighted by Crippen LogP contribution is -2.40. The van der Waals surface area contributed by atoms with Crippen LogP contribution in [0.15, 0.2) is 12.1 Å². The molecule has 0 radical (unpaired) electrons. The van der Waals surface area contributed by atoms with Crippen LogP contribution in [0.25, 0.3) is 0 Å². The number of carbonyl (C=O) groups is 1. The molecule has 0 spiro atoms. The molecule has 0 bridgehead atoms. The molecular formula is C14H23NOS. The van der Waals surface area contributed by atoms with E-state index in [0.717, 1.165) is 11.3 Å². The lowest BCUT2D eigenvalue weighted by molar-refractivity contribution is 0.0924. The van der Waals surface area contributed by atoms with Gasteiger partial charge in [-0.3, -0.25) is 4.79 Å². The van der Waals surface area contributed by atoms with E-state index >= 15 is 0 Å². The smallest absolute Gasteiger partial charge is 0.261 e. The minimum absolute atomic E-state index is 0.0456. The van der Waals surface area contributed by atoms with Gasteiger partial charge in [0.1, 0.15) is 0 Å². The van der Waals surface area contributed by atoms with E-state index in [1.807, 2.05) is 26.8 Å². The molecule has 0 unspecified atom stereocenters. The summed E-state index contributed by atoms with van der Waals surface area (Å²) in [4.78, 5) is 14.0. The molecule has 0 saturated carbocycles. The number of rotatable bonds is 5. The van der Waals surface area contributed by atoms with Gasteiger partial charge in [-0.05, 0) is 45.7 Å². The second kappa shape index (κ2) is 6.20. The van der Waals surface area contributed by atoms with Crippen LogP contribution in [0.2, 0.25) is 0 Å². The molecule has 0 aromatic carbocycles. The largest absolute Gasteiger partial charge is 0.347 e. The monoisotopic (exact) mass is 253 g/mol. The molecule has 0 atom stereocenters. The predicted molar refractivity (Wildman–Crippen MR) is 74.8 cm³/mol. The summed E-state index contributed by atoms with van der Waals surface area (Å²) in [6, 6.07) is 4.02. The number of nitrogens with one attached hydrogen (secondary N) is 1. The summed E-state index contributed by atoms with van der Waals surface area (Å²) in [5, 5.41) is 2.99. The zero-order valence-electron chi connectivity index (χ0n) is 11.3. The summed E-state index contributed by atoms with van der Waals surface area (Å²) in [6.45, 7) is 8.21.